The van der Waals surface area contributed by atoms with Crippen LogP contribution >= 0.6 is 0 Å². The molecule has 1 fully saturated rings. The number of anilines is 1. The summed E-state index contributed by atoms with van der Waals surface area (Å²) < 4.78 is 12.5. The monoisotopic (exact) mass is 535 g/mol. The first-order valence-electron chi connectivity index (χ1n) is 14.6. The van der Waals surface area contributed by atoms with Crippen molar-refractivity contribution in [3.8, 4) is 23.3 Å². The van der Waals surface area contributed by atoms with Crippen molar-refractivity contribution in [2.45, 2.75) is 109 Å². The van der Waals surface area contributed by atoms with Crippen LogP contribution in [-0.2, 0) is 24.3 Å². The summed E-state index contributed by atoms with van der Waals surface area (Å²) in [7, 11) is 1.89. The van der Waals surface area contributed by atoms with Gasteiger partial charge in [0.15, 0.2) is 11.5 Å². The van der Waals surface area contributed by atoms with Gasteiger partial charge in [-0.3, -0.25) is 0 Å². The molecule has 0 saturated heterocycles. The van der Waals surface area contributed by atoms with Crippen LogP contribution in [0.15, 0.2) is 24.4 Å². The van der Waals surface area contributed by atoms with E-state index >= 15 is 0 Å². The number of nitrogens with two attached hydrogens (primary N) is 1. The highest BCUT2D eigenvalue weighted by Gasteiger charge is 2.20. The van der Waals surface area contributed by atoms with Crippen LogP contribution in [0.3, 0.4) is 0 Å². The lowest BCUT2D eigenvalue weighted by atomic mass is 9.97. The summed E-state index contributed by atoms with van der Waals surface area (Å²) in [6, 6.07) is 5.55. The molecule has 2 aromatic rings. The van der Waals surface area contributed by atoms with Crippen molar-refractivity contribution in [1.82, 2.24) is 10.3 Å². The molecule has 0 spiro atoms. The fraction of sp³-hybridized carbons (Fsp3) is 0.594. The number of rotatable bonds is 9. The number of nitrogens with one attached hydrogen (secondary N) is 1. The van der Waals surface area contributed by atoms with Crippen molar-refractivity contribution >= 4 is 5.82 Å². The number of benzene rings is 1. The van der Waals surface area contributed by atoms with Crippen LogP contribution in [-0.4, -0.2) is 40.6 Å². The van der Waals surface area contributed by atoms with Crippen molar-refractivity contribution in [3.63, 3.8) is 0 Å². The van der Waals surface area contributed by atoms with Gasteiger partial charge in [0.2, 0.25) is 0 Å². The summed E-state index contributed by atoms with van der Waals surface area (Å²) in [5.41, 5.74) is 9.99. The van der Waals surface area contributed by atoms with Crippen molar-refractivity contribution in [2.75, 3.05) is 12.8 Å². The lowest BCUT2D eigenvalue weighted by molar-refractivity contribution is -0.00377. The molecule has 4 rings (SSSR count). The predicted octanol–water partition coefficient (Wildman–Crippen LogP) is 5.24. The average molecular weight is 536 g/mol. The third kappa shape index (κ3) is 8.60. The number of pyridine rings is 1. The average Bonchev–Trinajstić information content (AvgIpc) is 2.96. The van der Waals surface area contributed by atoms with Gasteiger partial charge in [0.25, 0.3) is 0 Å². The molecule has 0 amide bonds. The molecule has 1 aliphatic carbocycles. The van der Waals surface area contributed by atoms with Gasteiger partial charge >= 0.3 is 0 Å². The number of phenols is 1. The normalized spacial score (nSPS) is 21.2. The summed E-state index contributed by atoms with van der Waals surface area (Å²) in [5.74, 6) is 8.26. The van der Waals surface area contributed by atoms with E-state index in [9.17, 15) is 10.2 Å². The molecule has 1 saturated carbocycles. The van der Waals surface area contributed by atoms with Gasteiger partial charge in [-0.25, -0.2) is 4.98 Å². The second kappa shape index (κ2) is 14.6. The molecule has 5 N–H and O–H groups in total. The number of hydrogen-bond acceptors (Lipinski definition) is 7. The number of aryl methyl sites for hydroxylation is 1. The number of hydrogen-bond donors (Lipinski definition) is 4. The summed E-state index contributed by atoms with van der Waals surface area (Å²) in [5, 5.41) is 24.4. The molecule has 39 heavy (non-hydrogen) atoms. The largest absolute Gasteiger partial charge is 0.504 e. The Kier molecular flexibility index (Phi) is 10.9. The smallest absolute Gasteiger partial charge is 0.161 e. The van der Waals surface area contributed by atoms with Crippen molar-refractivity contribution < 1.29 is 19.7 Å². The molecular formula is C32H45N3O4. The van der Waals surface area contributed by atoms with Crippen LogP contribution in [0.1, 0.15) is 93.4 Å². The molecular weight excluding hydrogens is 490 g/mol. The number of aromatic hydroxyl groups is 1. The number of nitrogens with zero attached hydrogens (tertiary/aromatic N) is 1. The summed E-state index contributed by atoms with van der Waals surface area (Å²) in [4.78, 5) is 4.39. The van der Waals surface area contributed by atoms with E-state index in [1.165, 1.54) is 19.3 Å². The zero-order valence-electron chi connectivity index (χ0n) is 23.5. The fourth-order valence-corrected chi connectivity index (χ4v) is 5.55. The van der Waals surface area contributed by atoms with E-state index < -0.39 is 6.10 Å². The Morgan fingerprint density at radius 1 is 1.18 bits per heavy atom. The van der Waals surface area contributed by atoms with Gasteiger partial charge in [-0.15, -0.1) is 0 Å². The van der Waals surface area contributed by atoms with Crippen LogP contribution in [0.2, 0.25) is 0 Å². The molecule has 1 aromatic heterocycles. The minimum Gasteiger partial charge on any atom is -0.504 e. The topological polar surface area (TPSA) is 110 Å². The van der Waals surface area contributed by atoms with Crippen LogP contribution in [0.4, 0.5) is 5.82 Å². The molecule has 3 atom stereocenters. The van der Waals surface area contributed by atoms with E-state index in [2.05, 4.69) is 29.1 Å². The van der Waals surface area contributed by atoms with Crippen LogP contribution in [0, 0.1) is 17.8 Å². The Balaban J connectivity index is 1.37. The zero-order valence-corrected chi connectivity index (χ0v) is 23.5. The Bertz CT molecular complexity index is 1140. The summed E-state index contributed by atoms with van der Waals surface area (Å²) >= 11 is 0. The Hall–Kier alpha value is -2.79. The van der Waals surface area contributed by atoms with Gasteiger partial charge in [-0.1, -0.05) is 31.3 Å². The van der Waals surface area contributed by atoms with Crippen molar-refractivity contribution in [3.05, 3.63) is 46.6 Å². The fourth-order valence-electron chi connectivity index (χ4n) is 5.55. The Morgan fingerprint density at radius 2 is 2.00 bits per heavy atom. The highest BCUT2D eigenvalue weighted by molar-refractivity contribution is 5.55. The molecule has 3 unspecified atom stereocenters. The van der Waals surface area contributed by atoms with Gasteiger partial charge < -0.3 is 30.7 Å². The van der Waals surface area contributed by atoms with Crippen LogP contribution < -0.4 is 15.8 Å². The standard InChI is InChI=1S/C32H45N3O4/c1-22-7-6-10-27(38-21-24-19-35-32(33)29(20-34-2)28(24)15-11-22)18-25(36)14-12-23-13-16-30(37)31(17-23)39-26-8-4-3-5-9-26/h13,16-17,19,22,25-27,34,36-37H,3-10,12,14,18,20-21H2,1-2H3,(H2,33,35). The first-order chi connectivity index (χ1) is 18.9. The van der Waals surface area contributed by atoms with Gasteiger partial charge in [0.05, 0.1) is 24.9 Å². The molecule has 0 bridgehead atoms. The van der Waals surface area contributed by atoms with Crippen LogP contribution in [0.5, 0.6) is 11.5 Å². The first kappa shape index (κ1) is 29.2. The highest BCUT2D eigenvalue weighted by Crippen LogP contribution is 2.32. The van der Waals surface area contributed by atoms with Crippen molar-refractivity contribution in [1.29, 1.82) is 0 Å². The predicted molar refractivity (Wildman–Crippen MR) is 154 cm³/mol. The quantitative estimate of drug-likeness (QED) is 0.325. The lowest BCUT2D eigenvalue weighted by Gasteiger charge is -2.24. The number of nitrogen functional groups attached to an aromatic ring is 1. The number of ether oxygens (including phenoxy) is 2. The lowest BCUT2D eigenvalue weighted by Crippen LogP contribution is -2.22. The molecule has 1 aromatic carbocycles. The second-order valence-electron chi connectivity index (χ2n) is 11.2. The summed E-state index contributed by atoms with van der Waals surface area (Å²) in [6.07, 6.45) is 11.9. The summed E-state index contributed by atoms with van der Waals surface area (Å²) in [6.45, 7) is 3.14. The van der Waals surface area contributed by atoms with E-state index in [4.69, 9.17) is 15.2 Å². The maximum absolute atomic E-state index is 11.0. The Morgan fingerprint density at radius 3 is 2.79 bits per heavy atom. The SMILES string of the molecule is CNCc1c(N)ncc2c1C#CC(C)CCCC(CC(O)CCc1ccc(O)c(OC3CCCCC3)c1)OC2. The van der Waals surface area contributed by atoms with Gasteiger partial charge in [-0.2, -0.15) is 0 Å². The number of phenolic OH excluding ortho intramolecular Hbond substituents is 1. The number of fused-ring (bicyclic) bond motifs is 1. The first-order valence-corrected chi connectivity index (χ1v) is 14.6. The molecule has 2 heterocycles. The van der Waals surface area contributed by atoms with Gasteiger partial charge in [0, 0.05) is 35.3 Å². The molecule has 212 valence electrons. The number of aromatic nitrogens is 1. The van der Waals surface area contributed by atoms with Gasteiger partial charge in [-0.05, 0) is 89.0 Å². The maximum Gasteiger partial charge on any atom is 0.161 e. The number of aliphatic hydroxyl groups is 1. The zero-order chi connectivity index (χ0) is 27.6. The number of aliphatic hydroxyl groups excluding tert-OH is 1. The van der Waals surface area contributed by atoms with E-state index in [1.807, 2.05) is 19.2 Å². The van der Waals surface area contributed by atoms with Gasteiger partial charge in [0.1, 0.15) is 5.82 Å². The molecule has 7 heteroatoms. The van der Waals surface area contributed by atoms with E-state index in [1.54, 1.807) is 12.3 Å². The molecule has 1 aliphatic heterocycles. The minimum atomic E-state index is -0.491. The highest BCUT2D eigenvalue weighted by atomic mass is 16.5. The molecule has 2 aliphatic rings. The minimum absolute atomic E-state index is 0.0616. The van der Waals surface area contributed by atoms with Crippen LogP contribution in [0.25, 0.3) is 0 Å². The third-order valence-electron chi connectivity index (χ3n) is 7.90. The van der Waals surface area contributed by atoms with E-state index in [0.29, 0.717) is 44.0 Å². The second-order valence-corrected chi connectivity index (χ2v) is 11.2. The molecule has 0 radical (unpaired) electrons. The van der Waals surface area contributed by atoms with E-state index in [-0.39, 0.29) is 23.9 Å². The third-order valence-corrected chi connectivity index (χ3v) is 7.90. The molecule has 7 nitrogen and oxygen atoms in total. The maximum atomic E-state index is 11.0. The van der Waals surface area contributed by atoms with Crippen molar-refractivity contribution in [2.24, 2.45) is 5.92 Å². The van der Waals surface area contributed by atoms with E-state index in [0.717, 1.165) is 54.4 Å². The Labute approximate surface area is 233 Å².